The van der Waals surface area contributed by atoms with Gasteiger partial charge in [0.2, 0.25) is 9.84 Å². The van der Waals surface area contributed by atoms with E-state index in [4.69, 9.17) is 21.0 Å². The molecule has 196 valence electrons. The number of carboxylic acid groups (broad SMARTS) is 1. The minimum absolute atomic E-state index is 0.144. The second kappa shape index (κ2) is 11.2. The molecule has 0 saturated carbocycles. The third-order valence-corrected chi connectivity index (χ3v) is 9.73. The molecule has 0 aliphatic heterocycles. The van der Waals surface area contributed by atoms with Crippen LogP contribution in [0, 0.1) is 5.41 Å². The van der Waals surface area contributed by atoms with Crippen LogP contribution in [0.3, 0.4) is 0 Å². The zero-order valence-corrected chi connectivity index (χ0v) is 22.8. The summed E-state index contributed by atoms with van der Waals surface area (Å²) in [5.41, 5.74) is 8.09. The normalized spacial score (nSPS) is 11.7. The predicted octanol–water partition coefficient (Wildman–Crippen LogP) is 5.38. The second-order valence-corrected chi connectivity index (χ2v) is 12.2. The number of imidazole rings is 1. The van der Waals surface area contributed by atoms with Gasteiger partial charge in [0.25, 0.3) is 0 Å². The number of nitrogens with one attached hydrogen (secondary N) is 1. The summed E-state index contributed by atoms with van der Waals surface area (Å²) >= 11 is 6.01. The molecule has 0 amide bonds. The number of thioether (sulfide) groups is 1. The minimum Gasteiger partial charge on any atom is -0.475 e. The van der Waals surface area contributed by atoms with Gasteiger partial charge in [0.15, 0.2) is 0 Å². The van der Waals surface area contributed by atoms with E-state index >= 15 is 0 Å². The highest BCUT2D eigenvalue weighted by atomic mass is 79.9. The van der Waals surface area contributed by atoms with E-state index in [1.54, 1.807) is 18.5 Å². The molecule has 0 atom stereocenters. The van der Waals surface area contributed by atoms with Gasteiger partial charge in [-0.25, -0.2) is 18.2 Å². The Hall–Kier alpha value is -2.88. The Morgan fingerprint density at radius 2 is 1.86 bits per heavy atom. The monoisotopic (exact) mass is 634 g/mol. The van der Waals surface area contributed by atoms with Gasteiger partial charge in [0.05, 0.1) is 30.7 Å². The number of nitrogen functional groups attached to an aromatic ring is 1. The first kappa shape index (κ1) is 28.7. The zero-order valence-electron chi connectivity index (χ0n) is 18.8. The van der Waals surface area contributed by atoms with E-state index in [0.717, 1.165) is 11.1 Å². The van der Waals surface area contributed by atoms with Crippen molar-refractivity contribution in [3.8, 4) is 0 Å². The van der Waals surface area contributed by atoms with Crippen LogP contribution in [0.4, 0.5) is 13.2 Å². The summed E-state index contributed by atoms with van der Waals surface area (Å²) in [7, 11) is -3.81. The van der Waals surface area contributed by atoms with Crippen molar-refractivity contribution in [2.75, 3.05) is 6.26 Å². The fourth-order valence-corrected chi connectivity index (χ4v) is 7.71. The number of nitrogens with two attached hydrogens (primary N) is 1. The van der Waals surface area contributed by atoms with Crippen molar-refractivity contribution in [2.24, 2.45) is 5.73 Å². The number of benzene rings is 2. The number of carbonyl (C=O) groups is 1. The molecule has 15 heteroatoms. The van der Waals surface area contributed by atoms with Crippen molar-refractivity contribution in [3.05, 3.63) is 69.8 Å². The molecule has 2 aromatic heterocycles. The number of hydrogen-bond donors (Lipinski definition) is 3. The molecular weight excluding hydrogens is 617 g/mol. The molecule has 4 rings (SSSR count). The fraction of sp³-hybridized carbons (Fsp3) is 0.136. The van der Waals surface area contributed by atoms with Crippen molar-refractivity contribution in [2.45, 2.75) is 26.7 Å². The molecule has 2 aromatic carbocycles. The summed E-state index contributed by atoms with van der Waals surface area (Å²) < 4.78 is 61.8. The van der Waals surface area contributed by atoms with Gasteiger partial charge in [-0.1, -0.05) is 30.3 Å². The molecule has 0 radical (unpaired) electrons. The molecule has 4 aromatic rings. The van der Waals surface area contributed by atoms with Gasteiger partial charge in [0, 0.05) is 11.0 Å². The zero-order chi connectivity index (χ0) is 27.5. The van der Waals surface area contributed by atoms with Gasteiger partial charge < -0.3 is 15.4 Å². The lowest BCUT2D eigenvalue weighted by atomic mass is 10.2. The van der Waals surface area contributed by atoms with Crippen LogP contribution in [0.2, 0.25) is 0 Å². The fourth-order valence-electron chi connectivity index (χ4n) is 3.10. The molecule has 37 heavy (non-hydrogen) atoms. The van der Waals surface area contributed by atoms with Crippen LogP contribution >= 0.6 is 39.0 Å². The van der Waals surface area contributed by atoms with Gasteiger partial charge in [-0.15, -0.1) is 23.1 Å². The Morgan fingerprint density at radius 1 is 1.24 bits per heavy atom. The van der Waals surface area contributed by atoms with Gasteiger partial charge in [-0.05, 0) is 45.9 Å². The molecule has 0 saturated heterocycles. The third kappa shape index (κ3) is 6.52. The second-order valence-electron chi connectivity index (χ2n) is 7.32. The van der Waals surface area contributed by atoms with E-state index in [-0.39, 0.29) is 15.6 Å². The molecule has 0 aliphatic carbocycles. The van der Waals surface area contributed by atoms with Gasteiger partial charge in [0.1, 0.15) is 11.4 Å². The van der Waals surface area contributed by atoms with Gasteiger partial charge in [-0.2, -0.15) is 13.2 Å². The topological polar surface area (TPSA) is 139 Å². The lowest BCUT2D eigenvalue weighted by Gasteiger charge is -2.09. The molecular formula is C22H18BrF3N4O4S3. The number of halogens is 4. The average Bonchev–Trinajstić information content (AvgIpc) is 3.45. The van der Waals surface area contributed by atoms with Crippen molar-refractivity contribution in [1.82, 2.24) is 9.55 Å². The number of fused-ring (bicyclic) bond motifs is 1. The van der Waals surface area contributed by atoms with Crippen molar-refractivity contribution >= 4 is 71.7 Å². The Morgan fingerprint density at radius 3 is 2.41 bits per heavy atom. The van der Waals surface area contributed by atoms with Crippen LogP contribution in [-0.2, 0) is 21.2 Å². The standard InChI is InChI=1S/C20H17BrN4O2S3.C2HF3O2/c1-28-20-17(9-16(29-20)19(22)23)30(26,27)13-7-14(21)18-15(8-13)25(11-24-18)10-12-5-3-2-4-6-12;3-2(4,5)1(6)7/h2-9,11H,10H2,1H3,(H3,22,23);(H,6,7). The summed E-state index contributed by atoms with van der Waals surface area (Å²) in [5.74, 6) is -2.90. The quantitative estimate of drug-likeness (QED) is 0.147. The number of alkyl halides is 3. The number of sulfone groups is 1. The van der Waals surface area contributed by atoms with Crippen molar-refractivity contribution in [1.29, 1.82) is 5.41 Å². The van der Waals surface area contributed by atoms with Crippen LogP contribution in [0.25, 0.3) is 11.0 Å². The third-order valence-electron chi connectivity index (χ3n) is 4.81. The first-order valence-electron chi connectivity index (χ1n) is 10.0. The highest BCUT2D eigenvalue weighted by molar-refractivity contribution is 9.10. The highest BCUT2D eigenvalue weighted by Gasteiger charge is 2.38. The number of hydrogen-bond acceptors (Lipinski definition) is 7. The largest absolute Gasteiger partial charge is 0.490 e. The lowest BCUT2D eigenvalue weighted by molar-refractivity contribution is -0.192. The maximum atomic E-state index is 13.5. The Kier molecular flexibility index (Phi) is 8.72. The average molecular weight is 636 g/mol. The number of rotatable bonds is 6. The van der Waals surface area contributed by atoms with E-state index < -0.39 is 22.0 Å². The Balaban J connectivity index is 0.000000479. The van der Waals surface area contributed by atoms with E-state index in [2.05, 4.69) is 20.9 Å². The number of amidine groups is 1. The summed E-state index contributed by atoms with van der Waals surface area (Å²) in [5, 5.41) is 14.8. The summed E-state index contributed by atoms with van der Waals surface area (Å²) in [4.78, 5) is 14.1. The highest BCUT2D eigenvalue weighted by Crippen LogP contribution is 2.38. The first-order valence-corrected chi connectivity index (χ1v) is 14.3. The molecule has 2 heterocycles. The predicted molar refractivity (Wildman–Crippen MR) is 139 cm³/mol. The molecule has 0 spiro atoms. The SMILES string of the molecule is CSc1sc(C(=N)N)cc1S(=O)(=O)c1cc(Br)c2ncn(Cc3ccccc3)c2c1.O=C(O)C(F)(F)F. The summed E-state index contributed by atoms with van der Waals surface area (Å²) in [6, 6.07) is 14.6. The number of aromatic nitrogens is 2. The van der Waals surface area contributed by atoms with Gasteiger partial charge in [-0.3, -0.25) is 5.41 Å². The summed E-state index contributed by atoms with van der Waals surface area (Å²) in [6.45, 7) is 0.580. The molecule has 0 bridgehead atoms. The maximum Gasteiger partial charge on any atom is 0.490 e. The maximum absolute atomic E-state index is 13.5. The molecule has 8 nitrogen and oxygen atoms in total. The molecule has 0 unspecified atom stereocenters. The number of nitrogens with zero attached hydrogens (tertiary/aromatic N) is 2. The number of thiophene rings is 1. The number of carboxylic acids is 1. The number of aliphatic carboxylic acids is 1. The van der Waals surface area contributed by atoms with E-state index in [1.807, 2.05) is 41.2 Å². The van der Waals surface area contributed by atoms with Crippen LogP contribution in [-0.4, -0.2) is 47.3 Å². The van der Waals surface area contributed by atoms with E-state index in [1.165, 1.54) is 29.2 Å². The molecule has 0 fully saturated rings. The lowest BCUT2D eigenvalue weighted by Crippen LogP contribution is -2.21. The first-order chi connectivity index (χ1) is 17.3. The summed E-state index contributed by atoms with van der Waals surface area (Å²) in [6.07, 6.45) is -1.56. The van der Waals surface area contributed by atoms with Gasteiger partial charge >= 0.3 is 12.1 Å². The van der Waals surface area contributed by atoms with Crippen LogP contribution in [0.15, 0.2) is 73.3 Å². The smallest absolute Gasteiger partial charge is 0.475 e. The van der Waals surface area contributed by atoms with E-state index in [9.17, 15) is 21.6 Å². The Bertz CT molecular complexity index is 1570. The minimum atomic E-state index is -5.08. The Labute approximate surface area is 225 Å². The van der Waals surface area contributed by atoms with E-state index in [0.29, 0.717) is 25.6 Å². The van der Waals surface area contributed by atoms with Crippen LogP contribution < -0.4 is 5.73 Å². The van der Waals surface area contributed by atoms with Crippen LogP contribution in [0.5, 0.6) is 0 Å². The van der Waals surface area contributed by atoms with Crippen LogP contribution in [0.1, 0.15) is 10.4 Å². The molecule has 4 N–H and O–H groups in total. The molecule has 0 aliphatic rings. The van der Waals surface area contributed by atoms with Crippen molar-refractivity contribution in [3.63, 3.8) is 0 Å². The van der Waals surface area contributed by atoms with Crippen molar-refractivity contribution < 1.29 is 31.5 Å².